The highest BCUT2D eigenvalue weighted by Gasteiger charge is 2.19. The molecule has 1 aliphatic rings. The van der Waals surface area contributed by atoms with E-state index in [0.717, 1.165) is 25.9 Å². The lowest BCUT2D eigenvalue weighted by atomic mass is 10.0. The Morgan fingerprint density at radius 2 is 2.17 bits per heavy atom. The summed E-state index contributed by atoms with van der Waals surface area (Å²) in [5.41, 5.74) is 4.15. The number of fused-ring (bicyclic) bond motifs is 1. The second kappa shape index (κ2) is 5.72. The van der Waals surface area contributed by atoms with Crippen LogP contribution in [0.3, 0.4) is 0 Å². The van der Waals surface area contributed by atoms with Crippen LogP contribution in [0, 0.1) is 0 Å². The highest BCUT2D eigenvalue weighted by Crippen LogP contribution is 2.30. The molecule has 0 aromatic heterocycles. The number of aliphatic hydroxyl groups excluding tert-OH is 1. The monoisotopic (exact) mass is 248 g/mol. The van der Waals surface area contributed by atoms with Gasteiger partial charge in [0.2, 0.25) is 0 Å². The number of nitrogens with one attached hydrogen (secondary N) is 1. The van der Waals surface area contributed by atoms with Crippen LogP contribution in [0.4, 0.5) is 5.69 Å². The first kappa shape index (κ1) is 13.4. The fourth-order valence-corrected chi connectivity index (χ4v) is 2.50. The van der Waals surface area contributed by atoms with Gasteiger partial charge in [0.05, 0.1) is 6.10 Å². The van der Waals surface area contributed by atoms with Crippen molar-refractivity contribution >= 4 is 5.69 Å². The Morgan fingerprint density at radius 3 is 2.83 bits per heavy atom. The standard InChI is InChI=1S/C15H24N2O/c1-11(18)6-8-17-9-7-14-10-13(12(2)16-3)4-5-15(14)17/h4-5,10-12,16,18H,6-9H2,1-3H3. The van der Waals surface area contributed by atoms with Gasteiger partial charge in [-0.05, 0) is 50.9 Å². The average Bonchev–Trinajstić information content (AvgIpc) is 2.77. The molecule has 1 aromatic rings. The van der Waals surface area contributed by atoms with Crippen LogP contribution in [0.15, 0.2) is 18.2 Å². The van der Waals surface area contributed by atoms with Crippen LogP contribution in [0.25, 0.3) is 0 Å². The Bertz CT molecular complexity index is 403. The van der Waals surface area contributed by atoms with Gasteiger partial charge in [0.1, 0.15) is 0 Å². The molecule has 1 aromatic carbocycles. The van der Waals surface area contributed by atoms with Crippen LogP contribution in [-0.4, -0.2) is 31.3 Å². The highest BCUT2D eigenvalue weighted by atomic mass is 16.3. The van der Waals surface area contributed by atoms with E-state index in [1.54, 1.807) is 0 Å². The zero-order chi connectivity index (χ0) is 13.1. The van der Waals surface area contributed by atoms with Crippen LogP contribution in [0.5, 0.6) is 0 Å². The minimum atomic E-state index is -0.211. The molecule has 0 saturated carbocycles. The van der Waals surface area contributed by atoms with Crippen LogP contribution in [0.1, 0.15) is 37.4 Å². The number of hydrogen-bond acceptors (Lipinski definition) is 3. The van der Waals surface area contributed by atoms with Crippen molar-refractivity contribution in [2.45, 2.75) is 38.8 Å². The van der Waals surface area contributed by atoms with Gasteiger partial charge in [-0.3, -0.25) is 0 Å². The zero-order valence-electron chi connectivity index (χ0n) is 11.6. The van der Waals surface area contributed by atoms with Gasteiger partial charge < -0.3 is 15.3 Å². The molecule has 0 spiro atoms. The smallest absolute Gasteiger partial charge is 0.0528 e. The Balaban J connectivity index is 2.10. The first-order chi connectivity index (χ1) is 8.61. The Morgan fingerprint density at radius 1 is 1.39 bits per heavy atom. The molecule has 0 saturated heterocycles. The molecule has 100 valence electrons. The number of nitrogens with zero attached hydrogens (tertiary/aromatic N) is 1. The number of benzene rings is 1. The summed E-state index contributed by atoms with van der Waals surface area (Å²) in [4.78, 5) is 2.38. The van der Waals surface area contributed by atoms with E-state index in [2.05, 4.69) is 35.3 Å². The number of hydrogen-bond donors (Lipinski definition) is 2. The third kappa shape index (κ3) is 2.85. The lowest BCUT2D eigenvalue weighted by Crippen LogP contribution is -2.24. The Hall–Kier alpha value is -1.06. The SMILES string of the molecule is CNC(C)c1ccc2c(c1)CCN2CCC(C)O. The van der Waals surface area contributed by atoms with Gasteiger partial charge in [-0.2, -0.15) is 0 Å². The van der Waals surface area contributed by atoms with Gasteiger partial charge in [0, 0.05) is 24.8 Å². The van der Waals surface area contributed by atoms with Crippen molar-refractivity contribution in [1.29, 1.82) is 0 Å². The van der Waals surface area contributed by atoms with Crippen LogP contribution < -0.4 is 10.2 Å². The molecular formula is C15H24N2O. The lowest BCUT2D eigenvalue weighted by molar-refractivity contribution is 0.186. The molecule has 0 amide bonds. The van der Waals surface area contributed by atoms with Crippen LogP contribution in [0.2, 0.25) is 0 Å². The molecule has 1 aliphatic heterocycles. The molecule has 2 unspecified atom stereocenters. The van der Waals surface area contributed by atoms with Gasteiger partial charge in [0.15, 0.2) is 0 Å². The minimum Gasteiger partial charge on any atom is -0.393 e. The predicted molar refractivity (Wildman–Crippen MR) is 76.1 cm³/mol. The summed E-state index contributed by atoms with van der Waals surface area (Å²) >= 11 is 0. The summed E-state index contributed by atoms with van der Waals surface area (Å²) in [6, 6.07) is 7.16. The van der Waals surface area contributed by atoms with Gasteiger partial charge >= 0.3 is 0 Å². The number of anilines is 1. The fourth-order valence-electron chi connectivity index (χ4n) is 2.50. The van der Waals surface area contributed by atoms with Crippen LogP contribution in [-0.2, 0) is 6.42 Å². The van der Waals surface area contributed by atoms with E-state index in [1.165, 1.54) is 16.8 Å². The normalized spacial score (nSPS) is 17.7. The van der Waals surface area contributed by atoms with Crippen molar-refractivity contribution in [3.8, 4) is 0 Å². The summed E-state index contributed by atoms with van der Waals surface area (Å²) in [5, 5.41) is 12.7. The minimum absolute atomic E-state index is 0.211. The molecule has 0 radical (unpaired) electrons. The van der Waals surface area contributed by atoms with E-state index in [1.807, 2.05) is 14.0 Å². The van der Waals surface area contributed by atoms with Crippen molar-refractivity contribution in [2.24, 2.45) is 0 Å². The summed E-state index contributed by atoms with van der Waals surface area (Å²) in [7, 11) is 1.99. The molecule has 2 N–H and O–H groups in total. The maximum absolute atomic E-state index is 9.37. The van der Waals surface area contributed by atoms with Crippen molar-refractivity contribution < 1.29 is 5.11 Å². The van der Waals surface area contributed by atoms with Gasteiger partial charge in [-0.25, -0.2) is 0 Å². The molecular weight excluding hydrogens is 224 g/mol. The molecule has 3 nitrogen and oxygen atoms in total. The Kier molecular flexibility index (Phi) is 4.25. The molecule has 3 heteroatoms. The number of rotatable bonds is 5. The summed E-state index contributed by atoms with van der Waals surface area (Å²) < 4.78 is 0. The highest BCUT2D eigenvalue weighted by molar-refractivity contribution is 5.59. The van der Waals surface area contributed by atoms with Crippen molar-refractivity contribution in [3.63, 3.8) is 0 Å². The first-order valence-electron chi connectivity index (χ1n) is 6.85. The Labute approximate surface area is 110 Å². The quantitative estimate of drug-likeness (QED) is 0.837. The molecule has 2 rings (SSSR count). The average molecular weight is 248 g/mol. The predicted octanol–water partition coefficient (Wildman–Crippen LogP) is 2.10. The maximum Gasteiger partial charge on any atom is 0.0528 e. The second-order valence-electron chi connectivity index (χ2n) is 5.27. The fraction of sp³-hybridized carbons (Fsp3) is 0.600. The summed E-state index contributed by atoms with van der Waals surface area (Å²) in [5.74, 6) is 0. The van der Waals surface area contributed by atoms with Crippen molar-refractivity contribution in [2.75, 3.05) is 25.0 Å². The van der Waals surface area contributed by atoms with Crippen molar-refractivity contribution in [3.05, 3.63) is 29.3 Å². The molecule has 2 atom stereocenters. The van der Waals surface area contributed by atoms with E-state index in [4.69, 9.17) is 0 Å². The largest absolute Gasteiger partial charge is 0.393 e. The van der Waals surface area contributed by atoms with E-state index < -0.39 is 0 Å². The van der Waals surface area contributed by atoms with E-state index in [9.17, 15) is 5.11 Å². The third-order valence-corrected chi connectivity index (χ3v) is 3.85. The molecule has 0 bridgehead atoms. The van der Waals surface area contributed by atoms with Gasteiger partial charge in [-0.15, -0.1) is 0 Å². The van der Waals surface area contributed by atoms with Gasteiger partial charge in [-0.1, -0.05) is 12.1 Å². The third-order valence-electron chi connectivity index (χ3n) is 3.85. The van der Waals surface area contributed by atoms with E-state index in [0.29, 0.717) is 6.04 Å². The zero-order valence-corrected chi connectivity index (χ0v) is 11.6. The van der Waals surface area contributed by atoms with E-state index >= 15 is 0 Å². The first-order valence-corrected chi connectivity index (χ1v) is 6.85. The summed E-state index contributed by atoms with van der Waals surface area (Å²) in [6.45, 7) is 6.07. The van der Waals surface area contributed by atoms with Gasteiger partial charge in [0.25, 0.3) is 0 Å². The molecule has 18 heavy (non-hydrogen) atoms. The van der Waals surface area contributed by atoms with Crippen LogP contribution >= 0.6 is 0 Å². The summed E-state index contributed by atoms with van der Waals surface area (Å²) in [6.07, 6.45) is 1.76. The second-order valence-corrected chi connectivity index (χ2v) is 5.27. The topological polar surface area (TPSA) is 35.5 Å². The molecule has 0 aliphatic carbocycles. The van der Waals surface area contributed by atoms with Crippen molar-refractivity contribution in [1.82, 2.24) is 5.32 Å². The van der Waals surface area contributed by atoms with E-state index in [-0.39, 0.29) is 6.10 Å². The maximum atomic E-state index is 9.37. The molecule has 1 heterocycles. The lowest BCUT2D eigenvalue weighted by Gasteiger charge is -2.21. The molecule has 0 fully saturated rings. The number of aliphatic hydroxyl groups is 1.